The maximum Gasteiger partial charge on any atom is 0.238 e. The van der Waals surface area contributed by atoms with E-state index in [4.69, 9.17) is 23.2 Å². The summed E-state index contributed by atoms with van der Waals surface area (Å²) < 4.78 is 0. The van der Waals surface area contributed by atoms with Crippen LogP contribution in [0.25, 0.3) is 0 Å². The summed E-state index contributed by atoms with van der Waals surface area (Å²) >= 11 is 11.9. The highest BCUT2D eigenvalue weighted by Gasteiger charge is 2.19. The molecule has 27 heavy (non-hydrogen) atoms. The maximum atomic E-state index is 12.3. The third-order valence-electron chi connectivity index (χ3n) is 4.58. The van der Waals surface area contributed by atoms with Crippen LogP contribution in [-0.4, -0.2) is 49.3 Å². The summed E-state index contributed by atoms with van der Waals surface area (Å²) in [7, 11) is 0. The molecule has 2 aromatic rings. The van der Waals surface area contributed by atoms with Gasteiger partial charge in [0.2, 0.25) is 5.91 Å². The van der Waals surface area contributed by atoms with Crippen LogP contribution in [0.1, 0.15) is 17.3 Å². The summed E-state index contributed by atoms with van der Waals surface area (Å²) in [6.07, 6.45) is 0. The number of carbonyl (C=O) groups excluding carboxylic acids is 2. The Morgan fingerprint density at radius 2 is 1.63 bits per heavy atom. The predicted octanol–water partition coefficient (Wildman–Crippen LogP) is 3.96. The normalized spacial score (nSPS) is 14.9. The average molecular weight is 406 g/mol. The smallest absolute Gasteiger partial charge is 0.238 e. The molecular weight excluding hydrogens is 385 g/mol. The first kappa shape index (κ1) is 19.7. The summed E-state index contributed by atoms with van der Waals surface area (Å²) in [4.78, 5) is 28.0. The van der Waals surface area contributed by atoms with Crippen molar-refractivity contribution in [3.63, 3.8) is 0 Å². The number of hydrogen-bond donors (Lipinski definition) is 1. The number of piperazine rings is 1. The van der Waals surface area contributed by atoms with E-state index in [0.29, 0.717) is 22.3 Å². The second-order valence-corrected chi connectivity index (χ2v) is 7.36. The zero-order valence-electron chi connectivity index (χ0n) is 15.0. The van der Waals surface area contributed by atoms with Gasteiger partial charge in [-0.05, 0) is 49.4 Å². The van der Waals surface area contributed by atoms with Crippen LogP contribution < -0.4 is 10.2 Å². The Kier molecular flexibility index (Phi) is 6.37. The average Bonchev–Trinajstić information content (AvgIpc) is 2.65. The fraction of sp³-hybridized carbons (Fsp3) is 0.300. The summed E-state index contributed by atoms with van der Waals surface area (Å²) in [5, 5.41) is 3.72. The number of nitrogens with one attached hydrogen (secondary N) is 1. The van der Waals surface area contributed by atoms with Crippen molar-refractivity contribution >= 4 is 46.3 Å². The standard InChI is InChI=1S/C20H21Cl2N3O2/c1-14(26)15-2-5-17(6-3-15)25-10-8-24(9-11-25)13-20(27)23-16-4-7-18(21)19(22)12-16/h2-7,12H,8-11,13H2,1H3,(H,23,27). The van der Waals surface area contributed by atoms with E-state index < -0.39 is 0 Å². The van der Waals surface area contributed by atoms with E-state index in [1.54, 1.807) is 25.1 Å². The van der Waals surface area contributed by atoms with Crippen LogP contribution in [-0.2, 0) is 4.79 Å². The van der Waals surface area contributed by atoms with Crippen LogP contribution in [0.2, 0.25) is 10.0 Å². The van der Waals surface area contributed by atoms with Gasteiger partial charge >= 0.3 is 0 Å². The summed E-state index contributed by atoms with van der Waals surface area (Å²) in [5.74, 6) is -0.00740. The second-order valence-electron chi connectivity index (χ2n) is 6.54. The van der Waals surface area contributed by atoms with Crippen LogP contribution in [0.4, 0.5) is 11.4 Å². The third-order valence-corrected chi connectivity index (χ3v) is 5.32. The molecular formula is C20H21Cl2N3O2. The first-order valence-electron chi connectivity index (χ1n) is 8.75. The van der Waals surface area contributed by atoms with Crippen molar-refractivity contribution in [2.45, 2.75) is 6.92 Å². The largest absolute Gasteiger partial charge is 0.369 e. The van der Waals surface area contributed by atoms with Gasteiger partial charge in [-0.25, -0.2) is 0 Å². The number of rotatable bonds is 5. The minimum Gasteiger partial charge on any atom is -0.369 e. The van der Waals surface area contributed by atoms with Crippen LogP contribution in [0, 0.1) is 0 Å². The first-order chi connectivity index (χ1) is 12.9. The molecule has 0 radical (unpaired) electrons. The number of anilines is 2. The molecule has 1 heterocycles. The van der Waals surface area contributed by atoms with Crippen LogP contribution in [0.3, 0.4) is 0 Å². The Bertz CT molecular complexity index is 832. The topological polar surface area (TPSA) is 52.7 Å². The zero-order valence-corrected chi connectivity index (χ0v) is 16.6. The minimum atomic E-state index is -0.0762. The molecule has 3 rings (SSSR count). The number of nitrogens with zero attached hydrogens (tertiary/aromatic N) is 2. The van der Waals surface area contributed by atoms with Crippen molar-refractivity contribution < 1.29 is 9.59 Å². The number of Topliss-reactive ketones (excluding diaryl/α,β-unsaturated/α-hetero) is 1. The van der Waals surface area contributed by atoms with Crippen molar-refractivity contribution in [3.05, 3.63) is 58.1 Å². The number of carbonyl (C=O) groups is 2. The maximum absolute atomic E-state index is 12.3. The molecule has 1 aliphatic rings. The Morgan fingerprint density at radius 1 is 0.963 bits per heavy atom. The van der Waals surface area contributed by atoms with Crippen LogP contribution in [0.15, 0.2) is 42.5 Å². The van der Waals surface area contributed by atoms with E-state index in [0.717, 1.165) is 37.4 Å². The molecule has 2 aromatic carbocycles. The van der Waals surface area contributed by atoms with Gasteiger partial charge in [0.1, 0.15) is 0 Å². The molecule has 0 atom stereocenters. The molecule has 5 nitrogen and oxygen atoms in total. The first-order valence-corrected chi connectivity index (χ1v) is 9.51. The van der Waals surface area contributed by atoms with Gasteiger partial charge in [-0.3, -0.25) is 14.5 Å². The highest BCUT2D eigenvalue weighted by atomic mass is 35.5. The molecule has 0 aromatic heterocycles. The lowest BCUT2D eigenvalue weighted by atomic mass is 10.1. The fourth-order valence-electron chi connectivity index (χ4n) is 3.05. The quantitative estimate of drug-likeness (QED) is 0.764. The molecule has 0 aliphatic carbocycles. The van der Waals surface area contributed by atoms with Crippen molar-refractivity contribution in [3.8, 4) is 0 Å². The molecule has 0 bridgehead atoms. The molecule has 0 saturated carbocycles. The van der Waals surface area contributed by atoms with Gasteiger partial charge in [0.05, 0.1) is 16.6 Å². The molecule has 142 valence electrons. The van der Waals surface area contributed by atoms with Crippen molar-refractivity contribution in [2.24, 2.45) is 0 Å². The van der Waals surface area contributed by atoms with E-state index in [2.05, 4.69) is 15.1 Å². The number of benzene rings is 2. The number of halogens is 2. The zero-order chi connectivity index (χ0) is 19.4. The predicted molar refractivity (Wildman–Crippen MR) is 110 cm³/mol. The monoisotopic (exact) mass is 405 g/mol. The summed E-state index contributed by atoms with van der Waals surface area (Å²) in [6, 6.07) is 12.7. The van der Waals surface area contributed by atoms with E-state index in [1.165, 1.54) is 0 Å². The number of ketones is 1. The third kappa shape index (κ3) is 5.22. The van der Waals surface area contributed by atoms with E-state index in [1.807, 2.05) is 24.3 Å². The lowest BCUT2D eigenvalue weighted by molar-refractivity contribution is -0.117. The summed E-state index contributed by atoms with van der Waals surface area (Å²) in [6.45, 7) is 5.15. The van der Waals surface area contributed by atoms with Crippen molar-refractivity contribution in [1.29, 1.82) is 0 Å². The Morgan fingerprint density at radius 3 is 2.22 bits per heavy atom. The second kappa shape index (κ2) is 8.74. The molecule has 1 fully saturated rings. The van der Waals surface area contributed by atoms with E-state index in [-0.39, 0.29) is 11.7 Å². The molecule has 0 unspecified atom stereocenters. The Hall–Kier alpha value is -2.08. The van der Waals surface area contributed by atoms with Crippen molar-refractivity contribution in [1.82, 2.24) is 4.90 Å². The number of hydrogen-bond acceptors (Lipinski definition) is 4. The molecule has 1 saturated heterocycles. The minimum absolute atomic E-state index is 0.0688. The Balaban J connectivity index is 1.49. The molecule has 1 aliphatic heterocycles. The van der Waals surface area contributed by atoms with Crippen LogP contribution in [0.5, 0.6) is 0 Å². The molecule has 0 spiro atoms. The highest BCUT2D eigenvalue weighted by molar-refractivity contribution is 6.42. The van der Waals surface area contributed by atoms with Gasteiger partial charge in [-0.1, -0.05) is 23.2 Å². The highest BCUT2D eigenvalue weighted by Crippen LogP contribution is 2.25. The van der Waals surface area contributed by atoms with E-state index >= 15 is 0 Å². The molecule has 7 heteroatoms. The van der Waals surface area contributed by atoms with Gasteiger partial charge in [0.15, 0.2) is 5.78 Å². The fourth-order valence-corrected chi connectivity index (χ4v) is 3.35. The Labute approximate surface area is 168 Å². The van der Waals surface area contributed by atoms with Gasteiger partial charge in [-0.2, -0.15) is 0 Å². The van der Waals surface area contributed by atoms with Gasteiger partial charge in [-0.15, -0.1) is 0 Å². The summed E-state index contributed by atoms with van der Waals surface area (Å²) in [5.41, 5.74) is 2.45. The molecule has 1 N–H and O–H groups in total. The van der Waals surface area contributed by atoms with E-state index in [9.17, 15) is 9.59 Å². The lowest BCUT2D eigenvalue weighted by Gasteiger charge is -2.35. The SMILES string of the molecule is CC(=O)c1ccc(N2CCN(CC(=O)Nc3ccc(Cl)c(Cl)c3)CC2)cc1. The molecule has 1 amide bonds. The lowest BCUT2D eigenvalue weighted by Crippen LogP contribution is -2.48. The number of amides is 1. The van der Waals surface area contributed by atoms with Crippen LogP contribution >= 0.6 is 23.2 Å². The van der Waals surface area contributed by atoms with Gasteiger partial charge in [0.25, 0.3) is 0 Å². The van der Waals surface area contributed by atoms with Gasteiger partial charge in [0, 0.05) is 43.1 Å². The van der Waals surface area contributed by atoms with Crippen molar-refractivity contribution in [2.75, 3.05) is 42.9 Å². The van der Waals surface area contributed by atoms with Gasteiger partial charge < -0.3 is 10.2 Å².